The van der Waals surface area contributed by atoms with Gasteiger partial charge in [-0.05, 0) is 18.4 Å². The van der Waals surface area contributed by atoms with Gasteiger partial charge in [-0.2, -0.15) is 0 Å². The molecule has 2 rings (SSSR count). The van der Waals surface area contributed by atoms with Gasteiger partial charge in [0.2, 0.25) is 0 Å². The monoisotopic (exact) mass is 251 g/mol. The highest BCUT2D eigenvalue weighted by atomic mass is 16.6. The molecule has 1 aromatic carbocycles. The predicted octanol–water partition coefficient (Wildman–Crippen LogP) is 0.956. The molecule has 5 heteroatoms. The van der Waals surface area contributed by atoms with Crippen molar-refractivity contribution in [3.63, 3.8) is 0 Å². The average molecular weight is 251 g/mol. The largest absolute Gasteiger partial charge is 0.441 e. The maximum atomic E-state index is 10.9. The highest BCUT2D eigenvalue weighted by Crippen LogP contribution is 2.46. The second kappa shape index (κ2) is 4.96. The van der Waals surface area contributed by atoms with E-state index in [9.17, 15) is 9.90 Å². The van der Waals surface area contributed by atoms with E-state index in [2.05, 4.69) is 0 Å². The van der Waals surface area contributed by atoms with Crippen molar-refractivity contribution in [1.29, 1.82) is 0 Å². The molecule has 4 N–H and O–H groups in total. The third-order valence-electron chi connectivity index (χ3n) is 3.38. The molecular formula is C13H17NO4. The number of primary amides is 1. The third kappa shape index (κ3) is 2.63. The van der Waals surface area contributed by atoms with Crippen molar-refractivity contribution in [2.45, 2.75) is 24.5 Å². The first kappa shape index (κ1) is 12.9. The summed E-state index contributed by atoms with van der Waals surface area (Å²) >= 11 is 0. The summed E-state index contributed by atoms with van der Waals surface area (Å²) < 4.78 is 5.12. The van der Waals surface area contributed by atoms with E-state index >= 15 is 0 Å². The number of benzene rings is 1. The van der Waals surface area contributed by atoms with E-state index in [0.29, 0.717) is 12.8 Å². The Labute approximate surface area is 105 Å². The Balaban J connectivity index is 2.11. The molecule has 1 aromatic rings. The fourth-order valence-electron chi connectivity index (χ4n) is 2.46. The molecule has 18 heavy (non-hydrogen) atoms. The summed E-state index contributed by atoms with van der Waals surface area (Å²) in [5.74, 6) is -0.0166. The van der Waals surface area contributed by atoms with Crippen LogP contribution < -0.4 is 5.73 Å². The third-order valence-corrected chi connectivity index (χ3v) is 3.38. The van der Waals surface area contributed by atoms with Crippen molar-refractivity contribution < 1.29 is 19.7 Å². The number of carbonyl (C=O) groups is 1. The summed E-state index contributed by atoms with van der Waals surface area (Å²) in [4.78, 5) is 10.9. The van der Waals surface area contributed by atoms with E-state index in [1.165, 1.54) is 0 Å². The van der Waals surface area contributed by atoms with Gasteiger partial charge in [0.05, 0.1) is 12.2 Å². The van der Waals surface area contributed by atoms with Crippen LogP contribution in [0.15, 0.2) is 30.3 Å². The first-order valence-electron chi connectivity index (χ1n) is 5.88. The lowest BCUT2D eigenvalue weighted by Crippen LogP contribution is -2.49. The molecule has 5 nitrogen and oxygen atoms in total. The van der Waals surface area contributed by atoms with Crippen molar-refractivity contribution >= 4 is 6.09 Å². The molecule has 0 spiro atoms. The summed E-state index contributed by atoms with van der Waals surface area (Å²) in [5.41, 5.74) is 4.88. The van der Waals surface area contributed by atoms with Crippen LogP contribution in [0.4, 0.5) is 4.79 Å². The van der Waals surface area contributed by atoms with Gasteiger partial charge in [0.1, 0.15) is 6.10 Å². The van der Waals surface area contributed by atoms with Crippen LogP contribution in [0.1, 0.15) is 24.5 Å². The van der Waals surface area contributed by atoms with Crippen LogP contribution >= 0.6 is 0 Å². The van der Waals surface area contributed by atoms with Crippen molar-refractivity contribution in [3.8, 4) is 0 Å². The Hall–Kier alpha value is -1.59. The highest BCUT2D eigenvalue weighted by molar-refractivity contribution is 5.65. The smallest absolute Gasteiger partial charge is 0.405 e. The SMILES string of the molecule is NC(=O)OC(c1ccccc1)C1CC(O)(CO)C1. The van der Waals surface area contributed by atoms with E-state index in [1.54, 1.807) is 0 Å². The van der Waals surface area contributed by atoms with Gasteiger partial charge in [-0.15, -0.1) is 0 Å². The Morgan fingerprint density at radius 1 is 1.44 bits per heavy atom. The van der Waals surface area contributed by atoms with Crippen LogP contribution in [0, 0.1) is 5.92 Å². The van der Waals surface area contributed by atoms with E-state index in [1.807, 2.05) is 30.3 Å². The van der Waals surface area contributed by atoms with Gasteiger partial charge in [0.15, 0.2) is 0 Å². The molecule has 0 aliphatic heterocycles. The fraction of sp³-hybridized carbons (Fsp3) is 0.462. The van der Waals surface area contributed by atoms with Crippen molar-refractivity contribution in [3.05, 3.63) is 35.9 Å². The second-order valence-corrected chi connectivity index (χ2v) is 4.82. The van der Waals surface area contributed by atoms with E-state index in [0.717, 1.165) is 5.56 Å². The molecule has 1 unspecified atom stereocenters. The normalized spacial score (nSPS) is 28.2. The number of carbonyl (C=O) groups excluding carboxylic acids is 1. The van der Waals surface area contributed by atoms with Gasteiger partial charge >= 0.3 is 6.09 Å². The minimum atomic E-state index is -1.04. The number of rotatable bonds is 4. The van der Waals surface area contributed by atoms with Crippen LogP contribution in [0.5, 0.6) is 0 Å². The minimum absolute atomic E-state index is 0.0166. The first-order chi connectivity index (χ1) is 8.54. The van der Waals surface area contributed by atoms with Gasteiger partial charge in [0, 0.05) is 5.92 Å². The molecule has 98 valence electrons. The molecule has 0 saturated heterocycles. The summed E-state index contributed by atoms with van der Waals surface area (Å²) in [7, 11) is 0. The quantitative estimate of drug-likeness (QED) is 0.743. The van der Waals surface area contributed by atoms with Crippen molar-refractivity contribution in [1.82, 2.24) is 0 Å². The summed E-state index contributed by atoms with van der Waals surface area (Å²) in [6.07, 6.45) is -0.494. The van der Waals surface area contributed by atoms with Gasteiger partial charge in [0.25, 0.3) is 0 Å². The van der Waals surface area contributed by atoms with Gasteiger partial charge in [-0.25, -0.2) is 4.79 Å². The Morgan fingerprint density at radius 3 is 2.56 bits per heavy atom. The molecule has 0 bridgehead atoms. The summed E-state index contributed by atoms with van der Waals surface area (Å²) in [6.45, 7) is -0.276. The van der Waals surface area contributed by atoms with Gasteiger partial charge in [-0.1, -0.05) is 30.3 Å². The first-order valence-corrected chi connectivity index (χ1v) is 5.88. The lowest BCUT2D eigenvalue weighted by atomic mass is 9.67. The maximum absolute atomic E-state index is 10.9. The topological polar surface area (TPSA) is 92.8 Å². The van der Waals surface area contributed by atoms with E-state index in [-0.39, 0.29) is 12.5 Å². The zero-order valence-corrected chi connectivity index (χ0v) is 9.95. The number of aliphatic hydroxyl groups is 2. The van der Waals surface area contributed by atoms with Gasteiger partial charge in [-0.3, -0.25) is 0 Å². The van der Waals surface area contributed by atoms with Crippen molar-refractivity contribution in [2.75, 3.05) is 6.61 Å². The molecule has 1 atom stereocenters. The number of aliphatic hydroxyl groups excluding tert-OH is 1. The molecule has 1 aliphatic carbocycles. The molecule has 0 radical (unpaired) electrons. The fourth-order valence-corrected chi connectivity index (χ4v) is 2.46. The summed E-state index contributed by atoms with van der Waals surface area (Å²) in [6, 6.07) is 9.27. The van der Waals surface area contributed by atoms with Crippen LogP contribution in [0.25, 0.3) is 0 Å². The number of hydrogen-bond donors (Lipinski definition) is 3. The lowest BCUT2D eigenvalue weighted by Gasteiger charge is -2.45. The average Bonchev–Trinajstić information content (AvgIpc) is 2.33. The predicted molar refractivity (Wildman–Crippen MR) is 64.6 cm³/mol. The standard InChI is InChI=1S/C13H17NO4/c14-12(16)18-11(9-4-2-1-3-5-9)10-6-13(17,7-10)8-15/h1-5,10-11,15,17H,6-8H2,(H2,14,16). The number of nitrogens with two attached hydrogens (primary N) is 1. The number of ether oxygens (including phenoxy) is 1. The van der Waals surface area contributed by atoms with Crippen LogP contribution in [-0.4, -0.2) is 28.5 Å². The summed E-state index contributed by atoms with van der Waals surface area (Å²) in [5, 5.41) is 18.8. The van der Waals surface area contributed by atoms with Crippen molar-refractivity contribution in [2.24, 2.45) is 11.7 Å². The second-order valence-electron chi connectivity index (χ2n) is 4.82. The van der Waals surface area contributed by atoms with E-state index in [4.69, 9.17) is 15.6 Å². The van der Waals surface area contributed by atoms with Gasteiger partial charge < -0.3 is 20.7 Å². The van der Waals surface area contributed by atoms with Crippen LogP contribution in [-0.2, 0) is 4.74 Å². The molecule has 1 fully saturated rings. The zero-order chi connectivity index (χ0) is 13.2. The molecule has 0 aromatic heterocycles. The Kier molecular flexibility index (Phi) is 3.54. The molecule has 1 aliphatic rings. The minimum Gasteiger partial charge on any atom is -0.441 e. The molecule has 1 amide bonds. The zero-order valence-electron chi connectivity index (χ0n) is 9.95. The molecule has 0 heterocycles. The van der Waals surface area contributed by atoms with Crippen LogP contribution in [0.2, 0.25) is 0 Å². The highest BCUT2D eigenvalue weighted by Gasteiger charge is 2.47. The molecule has 1 saturated carbocycles. The lowest BCUT2D eigenvalue weighted by molar-refractivity contribution is -0.136. The van der Waals surface area contributed by atoms with Crippen LogP contribution in [0.3, 0.4) is 0 Å². The molecular weight excluding hydrogens is 234 g/mol. The Bertz CT molecular complexity index is 414. The van der Waals surface area contributed by atoms with E-state index < -0.39 is 17.8 Å². The number of hydrogen-bond acceptors (Lipinski definition) is 4. The Morgan fingerprint density at radius 2 is 2.06 bits per heavy atom. The maximum Gasteiger partial charge on any atom is 0.405 e. The number of amides is 1.